The molecule has 0 fully saturated rings. The Morgan fingerprint density at radius 2 is 1.81 bits per heavy atom. The van der Waals surface area contributed by atoms with Crippen LogP contribution in [0.5, 0.6) is 0 Å². The molecule has 0 bridgehead atoms. The highest BCUT2D eigenvalue weighted by atomic mass is 35.5. The number of nitrogens with zero attached hydrogens (tertiary/aromatic N) is 1. The van der Waals surface area contributed by atoms with Gasteiger partial charge in [0, 0.05) is 17.4 Å². The van der Waals surface area contributed by atoms with Gasteiger partial charge in [-0.25, -0.2) is 17.8 Å². The zero-order valence-corrected chi connectivity index (χ0v) is 15.7. The van der Waals surface area contributed by atoms with Crippen LogP contribution in [0.3, 0.4) is 0 Å². The molecule has 1 unspecified atom stereocenters. The van der Waals surface area contributed by atoms with Crippen molar-refractivity contribution in [3.05, 3.63) is 51.8 Å². The number of hydrogen-bond donors (Lipinski definition) is 4. The topological polar surface area (TPSA) is 123 Å². The van der Waals surface area contributed by atoms with Gasteiger partial charge in [-0.3, -0.25) is 11.2 Å². The minimum atomic E-state index is -3.68. The fourth-order valence-electron chi connectivity index (χ4n) is 2.57. The molecular weight excluding hydrogens is 404 g/mol. The van der Waals surface area contributed by atoms with Crippen molar-refractivity contribution in [2.45, 2.75) is 10.7 Å². The van der Waals surface area contributed by atoms with Gasteiger partial charge < -0.3 is 5.73 Å². The number of hydrazine groups is 1. The number of sulfone groups is 1. The van der Waals surface area contributed by atoms with Crippen LogP contribution in [0.2, 0.25) is 10.0 Å². The second-order valence-corrected chi connectivity index (χ2v) is 8.54. The molecule has 0 aliphatic carbocycles. The van der Waals surface area contributed by atoms with Crippen molar-refractivity contribution in [3.63, 3.8) is 0 Å². The van der Waals surface area contributed by atoms with Crippen LogP contribution in [-0.2, 0) is 15.6 Å². The van der Waals surface area contributed by atoms with Crippen molar-refractivity contribution < 1.29 is 12.8 Å². The third kappa shape index (κ3) is 3.36. The van der Waals surface area contributed by atoms with Gasteiger partial charge in [-0.2, -0.15) is 5.43 Å². The van der Waals surface area contributed by atoms with E-state index >= 15 is 0 Å². The molecule has 1 aliphatic rings. The van der Waals surface area contributed by atoms with E-state index in [4.69, 9.17) is 34.7 Å². The first-order valence-corrected chi connectivity index (χ1v) is 9.83. The number of halogens is 3. The van der Waals surface area contributed by atoms with Crippen LogP contribution in [-0.4, -0.2) is 20.6 Å². The Kier molecular flexibility index (Phi) is 4.62. The number of guanidine groups is 1. The number of aliphatic imine (C=N–C) groups is 1. The number of hydrogen-bond acceptors (Lipinski definition) is 7. The third-order valence-corrected chi connectivity index (χ3v) is 5.51. The molecule has 0 saturated heterocycles. The maximum Gasteiger partial charge on any atom is 0.209 e. The third-order valence-electron chi connectivity index (χ3n) is 3.78. The number of benzene rings is 2. The molecule has 2 aromatic carbocycles. The molecule has 1 aliphatic heterocycles. The van der Waals surface area contributed by atoms with Crippen molar-refractivity contribution in [2.75, 3.05) is 6.26 Å². The normalized spacial score (nSPS) is 20.0. The Hall–Kier alpha value is -1.91. The highest BCUT2D eigenvalue weighted by Gasteiger charge is 2.33. The summed E-state index contributed by atoms with van der Waals surface area (Å²) < 4.78 is 37.3. The summed E-state index contributed by atoms with van der Waals surface area (Å²) in [5, 5.41) is 0.373. The minimum Gasteiger partial charge on any atom is -0.369 e. The van der Waals surface area contributed by atoms with Crippen molar-refractivity contribution >= 4 is 39.0 Å². The summed E-state index contributed by atoms with van der Waals surface area (Å²) >= 11 is 12.6. The Labute approximate surface area is 159 Å². The fourth-order valence-corrected chi connectivity index (χ4v) is 4.00. The van der Waals surface area contributed by atoms with E-state index in [2.05, 4.69) is 15.8 Å². The SMILES string of the molecule is CS(=O)(=O)c1ccc(-c2c(Cl)cc(C3(N)N=C(N)NN3)cc2Cl)cc1F. The van der Waals surface area contributed by atoms with Gasteiger partial charge in [0.25, 0.3) is 0 Å². The van der Waals surface area contributed by atoms with Crippen molar-refractivity contribution in [1.82, 2.24) is 10.9 Å². The fraction of sp³-hybridized carbons (Fsp3) is 0.133. The van der Waals surface area contributed by atoms with Crippen LogP contribution in [0, 0.1) is 5.82 Å². The smallest absolute Gasteiger partial charge is 0.209 e. The zero-order chi connectivity index (χ0) is 19.3. The van der Waals surface area contributed by atoms with Gasteiger partial charge in [-0.1, -0.05) is 29.3 Å². The van der Waals surface area contributed by atoms with Gasteiger partial charge in [0.1, 0.15) is 10.7 Å². The molecule has 0 amide bonds. The molecule has 138 valence electrons. The predicted molar refractivity (Wildman–Crippen MR) is 98.7 cm³/mol. The zero-order valence-electron chi connectivity index (χ0n) is 13.3. The molecule has 1 heterocycles. The van der Waals surface area contributed by atoms with Gasteiger partial charge in [0.05, 0.1) is 10.0 Å². The van der Waals surface area contributed by atoms with Crippen molar-refractivity contribution in [2.24, 2.45) is 16.5 Å². The summed E-state index contributed by atoms with van der Waals surface area (Å²) in [6, 6.07) is 6.69. The molecule has 26 heavy (non-hydrogen) atoms. The van der Waals surface area contributed by atoms with E-state index in [0.717, 1.165) is 12.3 Å². The first-order chi connectivity index (χ1) is 12.0. The molecule has 0 radical (unpaired) electrons. The van der Waals surface area contributed by atoms with E-state index in [-0.39, 0.29) is 16.0 Å². The minimum absolute atomic E-state index is 0.0993. The number of nitrogens with one attached hydrogen (secondary N) is 2. The molecular formula is C15H14Cl2FN5O2S. The Balaban J connectivity index is 2.09. The average molecular weight is 418 g/mol. The first-order valence-electron chi connectivity index (χ1n) is 7.18. The van der Waals surface area contributed by atoms with Crippen molar-refractivity contribution in [3.8, 4) is 11.1 Å². The van der Waals surface area contributed by atoms with Crippen LogP contribution in [0.25, 0.3) is 11.1 Å². The predicted octanol–water partition coefficient (Wildman–Crippen LogP) is 1.69. The van der Waals surface area contributed by atoms with Crippen LogP contribution >= 0.6 is 23.2 Å². The summed E-state index contributed by atoms with van der Waals surface area (Å²) in [7, 11) is -3.68. The lowest BCUT2D eigenvalue weighted by atomic mass is 10.0. The van der Waals surface area contributed by atoms with Gasteiger partial charge in [0.15, 0.2) is 9.84 Å². The number of rotatable bonds is 3. The Morgan fingerprint density at radius 3 is 2.27 bits per heavy atom. The summed E-state index contributed by atoms with van der Waals surface area (Å²) in [6.45, 7) is 0. The Bertz CT molecular complexity index is 1020. The van der Waals surface area contributed by atoms with Gasteiger partial charge in [0.2, 0.25) is 11.7 Å². The molecule has 0 saturated carbocycles. The van der Waals surface area contributed by atoms with Crippen LogP contribution in [0.15, 0.2) is 40.2 Å². The second kappa shape index (κ2) is 6.36. The van der Waals surface area contributed by atoms with E-state index in [1.54, 1.807) is 0 Å². The lowest BCUT2D eigenvalue weighted by Crippen LogP contribution is -2.50. The molecule has 11 heteroatoms. The molecule has 7 nitrogen and oxygen atoms in total. The van der Waals surface area contributed by atoms with E-state index in [1.807, 2.05) is 0 Å². The summed E-state index contributed by atoms with van der Waals surface area (Å²) in [5.74, 6) is -2.15. The van der Waals surface area contributed by atoms with Crippen LogP contribution in [0.4, 0.5) is 4.39 Å². The second-order valence-electron chi connectivity index (χ2n) is 5.75. The maximum atomic E-state index is 14.2. The largest absolute Gasteiger partial charge is 0.369 e. The summed E-state index contributed by atoms with van der Waals surface area (Å²) in [5.41, 5.74) is 18.0. The van der Waals surface area contributed by atoms with Gasteiger partial charge >= 0.3 is 0 Å². The molecule has 0 spiro atoms. The monoisotopic (exact) mass is 417 g/mol. The van der Waals surface area contributed by atoms with Crippen LogP contribution in [0.1, 0.15) is 5.56 Å². The standard InChI is InChI=1S/C15H14Cl2FN5O2S/c1-26(24,25)12-3-2-7(4-11(12)18)13-9(16)5-8(6-10(13)17)15(20)21-14(19)22-23-15/h2-6,23H,20H2,1H3,(H3,19,21,22). The Morgan fingerprint density at radius 1 is 1.19 bits per heavy atom. The van der Waals surface area contributed by atoms with E-state index < -0.39 is 26.3 Å². The molecule has 1 atom stereocenters. The molecule has 0 aromatic heterocycles. The van der Waals surface area contributed by atoms with E-state index in [0.29, 0.717) is 16.7 Å². The summed E-state index contributed by atoms with van der Waals surface area (Å²) in [4.78, 5) is 3.63. The quantitative estimate of drug-likeness (QED) is 0.602. The first kappa shape index (κ1) is 18.9. The van der Waals surface area contributed by atoms with Crippen LogP contribution < -0.4 is 22.3 Å². The lowest BCUT2D eigenvalue weighted by molar-refractivity contribution is 0.375. The lowest BCUT2D eigenvalue weighted by Gasteiger charge is -2.22. The molecule has 6 N–H and O–H groups in total. The maximum absolute atomic E-state index is 14.2. The van der Waals surface area contributed by atoms with Crippen molar-refractivity contribution in [1.29, 1.82) is 0 Å². The molecule has 3 rings (SSSR count). The van der Waals surface area contributed by atoms with E-state index in [1.165, 1.54) is 24.3 Å². The summed E-state index contributed by atoms with van der Waals surface area (Å²) in [6.07, 6.45) is 0.926. The highest BCUT2D eigenvalue weighted by molar-refractivity contribution is 7.90. The number of nitrogens with two attached hydrogens (primary N) is 2. The van der Waals surface area contributed by atoms with Gasteiger partial charge in [-0.15, -0.1) is 0 Å². The van der Waals surface area contributed by atoms with E-state index in [9.17, 15) is 12.8 Å². The molecule has 2 aromatic rings. The highest BCUT2D eigenvalue weighted by Crippen LogP contribution is 2.38. The van der Waals surface area contributed by atoms with Gasteiger partial charge in [-0.05, 0) is 29.8 Å². The average Bonchev–Trinajstić information content (AvgIpc) is 2.86.